The third-order valence-corrected chi connectivity index (χ3v) is 6.93. The summed E-state index contributed by atoms with van der Waals surface area (Å²) in [6, 6.07) is 16.7. The molecule has 5 nitrogen and oxygen atoms in total. The maximum absolute atomic E-state index is 13.5. The standard InChI is InChI=1S/C26H31N3O2/c1-19-7-12-25-23(17-19)22-5-3-4-6-24(22)29(25)26(30)18-27-13-15-28(16-14-27)20-8-10-21(31-2)11-9-20/h3-6,8-11,19H,7,12-18H2,1-2H3/t19-/m1/s1. The molecule has 0 radical (unpaired) electrons. The molecule has 0 bridgehead atoms. The predicted octanol–water partition coefficient (Wildman–Crippen LogP) is 4.24. The van der Waals surface area contributed by atoms with Crippen molar-refractivity contribution in [3.05, 3.63) is 59.8 Å². The van der Waals surface area contributed by atoms with Crippen LogP contribution in [0.15, 0.2) is 48.5 Å². The maximum Gasteiger partial charge on any atom is 0.245 e. The van der Waals surface area contributed by atoms with Gasteiger partial charge in [0.15, 0.2) is 0 Å². The number of carbonyl (C=O) groups is 1. The van der Waals surface area contributed by atoms with E-state index in [-0.39, 0.29) is 5.91 Å². The number of anilines is 1. The number of fused-ring (bicyclic) bond motifs is 3. The highest BCUT2D eigenvalue weighted by atomic mass is 16.5. The summed E-state index contributed by atoms with van der Waals surface area (Å²) in [7, 11) is 1.69. The van der Waals surface area contributed by atoms with Gasteiger partial charge in [-0.25, -0.2) is 0 Å². The van der Waals surface area contributed by atoms with E-state index in [4.69, 9.17) is 4.74 Å². The van der Waals surface area contributed by atoms with Crippen molar-refractivity contribution in [2.75, 3.05) is 44.7 Å². The molecule has 1 atom stereocenters. The van der Waals surface area contributed by atoms with E-state index in [0.717, 1.165) is 56.7 Å². The summed E-state index contributed by atoms with van der Waals surface area (Å²) in [6.07, 6.45) is 3.25. The molecule has 1 saturated heterocycles. The van der Waals surface area contributed by atoms with E-state index in [1.165, 1.54) is 22.3 Å². The van der Waals surface area contributed by atoms with Crippen molar-refractivity contribution in [1.82, 2.24) is 9.47 Å². The van der Waals surface area contributed by atoms with Crippen molar-refractivity contribution in [3.63, 3.8) is 0 Å². The van der Waals surface area contributed by atoms with Gasteiger partial charge in [0.2, 0.25) is 5.91 Å². The molecule has 0 saturated carbocycles. The Balaban J connectivity index is 1.30. The number of nitrogens with zero attached hydrogens (tertiary/aromatic N) is 3. The summed E-state index contributed by atoms with van der Waals surface area (Å²) in [5.41, 5.74) is 4.95. The Bertz CT molecular complexity index is 1080. The zero-order chi connectivity index (χ0) is 21.4. The largest absolute Gasteiger partial charge is 0.497 e. The van der Waals surface area contributed by atoms with Gasteiger partial charge in [-0.2, -0.15) is 0 Å². The molecule has 5 heteroatoms. The lowest BCUT2D eigenvalue weighted by Crippen LogP contribution is -2.48. The summed E-state index contributed by atoms with van der Waals surface area (Å²) in [5.74, 6) is 1.78. The van der Waals surface area contributed by atoms with Gasteiger partial charge in [0.1, 0.15) is 5.75 Å². The highest BCUT2D eigenvalue weighted by Gasteiger charge is 2.27. The number of carbonyl (C=O) groups excluding carboxylic acids is 1. The fraction of sp³-hybridized carbons (Fsp3) is 0.423. The average Bonchev–Trinajstić information content (AvgIpc) is 3.13. The van der Waals surface area contributed by atoms with Gasteiger partial charge in [-0.05, 0) is 61.1 Å². The van der Waals surface area contributed by atoms with E-state index in [0.29, 0.717) is 12.5 Å². The Morgan fingerprint density at radius 1 is 1.03 bits per heavy atom. The van der Waals surface area contributed by atoms with Crippen LogP contribution in [0.3, 0.4) is 0 Å². The molecule has 0 unspecified atom stereocenters. The molecule has 162 valence electrons. The van der Waals surface area contributed by atoms with Crippen molar-refractivity contribution in [2.24, 2.45) is 5.92 Å². The normalized spacial score (nSPS) is 19.4. The Hall–Kier alpha value is -2.79. The second-order valence-corrected chi connectivity index (χ2v) is 8.98. The van der Waals surface area contributed by atoms with Crippen LogP contribution < -0.4 is 9.64 Å². The zero-order valence-electron chi connectivity index (χ0n) is 18.5. The van der Waals surface area contributed by atoms with Gasteiger partial charge in [-0.3, -0.25) is 14.3 Å². The first-order valence-corrected chi connectivity index (χ1v) is 11.4. The van der Waals surface area contributed by atoms with Gasteiger partial charge in [0.05, 0.1) is 19.2 Å². The zero-order valence-corrected chi connectivity index (χ0v) is 18.5. The number of methoxy groups -OCH3 is 1. The lowest BCUT2D eigenvalue weighted by atomic mass is 9.88. The predicted molar refractivity (Wildman–Crippen MR) is 125 cm³/mol. The van der Waals surface area contributed by atoms with E-state index in [2.05, 4.69) is 53.1 Å². The third-order valence-electron chi connectivity index (χ3n) is 6.93. The molecule has 1 aliphatic heterocycles. The van der Waals surface area contributed by atoms with Crippen LogP contribution in [0.25, 0.3) is 10.9 Å². The van der Waals surface area contributed by atoms with Gasteiger partial charge >= 0.3 is 0 Å². The summed E-state index contributed by atoms with van der Waals surface area (Å²) in [4.78, 5) is 18.1. The molecule has 1 aromatic heterocycles. The van der Waals surface area contributed by atoms with Crippen LogP contribution in [-0.4, -0.2) is 55.2 Å². The summed E-state index contributed by atoms with van der Waals surface area (Å²) in [6.45, 7) is 6.46. The third kappa shape index (κ3) is 3.83. The average molecular weight is 418 g/mol. The van der Waals surface area contributed by atoms with Crippen LogP contribution in [0, 0.1) is 5.92 Å². The molecule has 2 aromatic carbocycles. The molecule has 0 spiro atoms. The molecule has 1 fully saturated rings. The molecular formula is C26H31N3O2. The van der Waals surface area contributed by atoms with Crippen molar-refractivity contribution >= 4 is 22.5 Å². The van der Waals surface area contributed by atoms with Crippen LogP contribution in [0.2, 0.25) is 0 Å². The summed E-state index contributed by atoms with van der Waals surface area (Å²) < 4.78 is 7.30. The topological polar surface area (TPSA) is 37.7 Å². The number of aromatic nitrogens is 1. The quantitative estimate of drug-likeness (QED) is 0.637. The van der Waals surface area contributed by atoms with Crippen LogP contribution in [0.5, 0.6) is 5.75 Å². The Morgan fingerprint density at radius 2 is 1.77 bits per heavy atom. The van der Waals surface area contributed by atoms with Gasteiger partial charge in [0.25, 0.3) is 0 Å². The lowest BCUT2D eigenvalue weighted by molar-refractivity contribution is 0.0845. The van der Waals surface area contributed by atoms with E-state index in [1.807, 2.05) is 16.7 Å². The molecule has 31 heavy (non-hydrogen) atoms. The number of piperazine rings is 1. The van der Waals surface area contributed by atoms with Gasteiger partial charge in [0, 0.05) is 42.9 Å². The van der Waals surface area contributed by atoms with Crippen molar-refractivity contribution in [3.8, 4) is 5.75 Å². The minimum atomic E-state index is 0.213. The maximum atomic E-state index is 13.5. The molecule has 1 aliphatic carbocycles. The van der Waals surface area contributed by atoms with E-state index in [1.54, 1.807) is 7.11 Å². The number of hydrogen-bond donors (Lipinski definition) is 0. The molecule has 0 N–H and O–H groups in total. The van der Waals surface area contributed by atoms with Gasteiger partial charge < -0.3 is 9.64 Å². The smallest absolute Gasteiger partial charge is 0.245 e. The Morgan fingerprint density at radius 3 is 2.52 bits per heavy atom. The fourth-order valence-corrected chi connectivity index (χ4v) is 5.19. The van der Waals surface area contributed by atoms with Crippen molar-refractivity contribution in [2.45, 2.75) is 26.2 Å². The molecule has 5 rings (SSSR count). The monoisotopic (exact) mass is 417 g/mol. The molecular weight excluding hydrogens is 386 g/mol. The number of para-hydroxylation sites is 1. The second kappa shape index (κ2) is 8.39. The SMILES string of the molecule is COc1ccc(N2CCN(CC(=O)n3c4c(c5ccccc53)C[C@H](C)CC4)CC2)cc1. The lowest BCUT2D eigenvalue weighted by Gasteiger charge is -2.36. The van der Waals surface area contributed by atoms with E-state index >= 15 is 0 Å². The minimum Gasteiger partial charge on any atom is -0.497 e. The van der Waals surface area contributed by atoms with Crippen LogP contribution in [0.4, 0.5) is 5.69 Å². The first kappa shape index (κ1) is 20.1. The number of benzene rings is 2. The Labute approximate surface area is 184 Å². The number of ether oxygens (including phenoxy) is 1. The number of hydrogen-bond acceptors (Lipinski definition) is 4. The minimum absolute atomic E-state index is 0.213. The summed E-state index contributed by atoms with van der Waals surface area (Å²) >= 11 is 0. The van der Waals surface area contributed by atoms with E-state index in [9.17, 15) is 4.79 Å². The van der Waals surface area contributed by atoms with Crippen LogP contribution >= 0.6 is 0 Å². The molecule has 3 aromatic rings. The molecule has 0 amide bonds. The van der Waals surface area contributed by atoms with Gasteiger partial charge in [-0.1, -0.05) is 25.1 Å². The molecule has 2 aliphatic rings. The van der Waals surface area contributed by atoms with Crippen molar-refractivity contribution in [1.29, 1.82) is 0 Å². The fourth-order valence-electron chi connectivity index (χ4n) is 5.19. The highest BCUT2D eigenvalue weighted by molar-refractivity contribution is 5.97. The van der Waals surface area contributed by atoms with Crippen molar-refractivity contribution < 1.29 is 9.53 Å². The van der Waals surface area contributed by atoms with Crippen LogP contribution in [-0.2, 0) is 12.8 Å². The second-order valence-electron chi connectivity index (χ2n) is 8.98. The van der Waals surface area contributed by atoms with E-state index < -0.39 is 0 Å². The van der Waals surface area contributed by atoms with Crippen LogP contribution in [0.1, 0.15) is 29.4 Å². The summed E-state index contributed by atoms with van der Waals surface area (Å²) in [5, 5.41) is 1.27. The Kier molecular flexibility index (Phi) is 5.45. The number of rotatable bonds is 4. The van der Waals surface area contributed by atoms with Gasteiger partial charge in [-0.15, -0.1) is 0 Å². The first-order chi connectivity index (χ1) is 15.1. The molecule has 2 heterocycles. The first-order valence-electron chi connectivity index (χ1n) is 11.4. The highest BCUT2D eigenvalue weighted by Crippen LogP contribution is 2.34.